The molecule has 0 N–H and O–H groups in total. The summed E-state index contributed by atoms with van der Waals surface area (Å²) in [5.41, 5.74) is 1.79. The van der Waals surface area contributed by atoms with Gasteiger partial charge in [-0.3, -0.25) is 4.79 Å². The summed E-state index contributed by atoms with van der Waals surface area (Å²) in [4.78, 5) is 12.1. The van der Waals surface area contributed by atoms with E-state index >= 15 is 0 Å². The fourth-order valence-electron chi connectivity index (χ4n) is 1.87. The predicted molar refractivity (Wildman–Crippen MR) is 73.3 cm³/mol. The molecule has 0 spiro atoms. The molecule has 0 saturated carbocycles. The summed E-state index contributed by atoms with van der Waals surface area (Å²) in [7, 11) is 0. The third-order valence-electron chi connectivity index (χ3n) is 2.85. The van der Waals surface area contributed by atoms with Crippen LogP contribution >= 0.6 is 15.9 Å². The Balaban J connectivity index is 2.25. The number of ketones is 1. The summed E-state index contributed by atoms with van der Waals surface area (Å²) in [6.07, 6.45) is 0.146. The molecule has 1 nitrogen and oxygen atoms in total. The largest absolute Gasteiger partial charge is 0.294 e. The Hall–Kier alpha value is -1.55. The Bertz CT molecular complexity index is 638. The van der Waals surface area contributed by atoms with Gasteiger partial charge in [-0.25, -0.2) is 8.78 Å². The molecule has 0 aromatic heterocycles. The van der Waals surface area contributed by atoms with Crippen molar-refractivity contribution in [3.63, 3.8) is 0 Å². The molecule has 4 heteroatoms. The lowest BCUT2D eigenvalue weighted by molar-refractivity contribution is 0.0992. The van der Waals surface area contributed by atoms with Crippen molar-refractivity contribution >= 4 is 21.7 Å². The number of halogens is 3. The number of Topliss-reactive ketones (excluding diaryl/α,β-unsaturated/α-hetero) is 1. The van der Waals surface area contributed by atoms with E-state index < -0.39 is 0 Å². The van der Waals surface area contributed by atoms with E-state index in [2.05, 4.69) is 15.9 Å². The number of rotatable bonds is 3. The zero-order valence-electron chi connectivity index (χ0n) is 10.2. The Labute approximate surface area is 118 Å². The summed E-state index contributed by atoms with van der Waals surface area (Å²) in [6, 6.07) is 8.26. The average Bonchev–Trinajstić information content (AvgIpc) is 2.32. The molecule has 0 fully saturated rings. The van der Waals surface area contributed by atoms with Crippen molar-refractivity contribution in [3.05, 3.63) is 69.2 Å². The van der Waals surface area contributed by atoms with Crippen LogP contribution < -0.4 is 0 Å². The van der Waals surface area contributed by atoms with E-state index in [1.807, 2.05) is 0 Å². The van der Waals surface area contributed by atoms with E-state index in [4.69, 9.17) is 0 Å². The van der Waals surface area contributed by atoms with E-state index in [9.17, 15) is 13.6 Å². The summed E-state index contributed by atoms with van der Waals surface area (Å²) in [5.74, 6) is -0.845. The minimum atomic E-state index is -0.364. The standard InChI is InChI=1S/C15H11BrF2O/c1-9-6-11(17)4-5-13(9)15(19)7-10-2-3-12(18)8-14(10)16/h2-6,8H,7H2,1H3. The zero-order chi connectivity index (χ0) is 14.0. The molecule has 0 saturated heterocycles. The van der Waals surface area contributed by atoms with Crippen molar-refractivity contribution in [2.24, 2.45) is 0 Å². The van der Waals surface area contributed by atoms with Crippen molar-refractivity contribution in [1.29, 1.82) is 0 Å². The quantitative estimate of drug-likeness (QED) is 0.762. The van der Waals surface area contributed by atoms with Gasteiger partial charge < -0.3 is 0 Å². The molecule has 0 unspecified atom stereocenters. The third-order valence-corrected chi connectivity index (χ3v) is 3.59. The fraction of sp³-hybridized carbons (Fsp3) is 0.133. The Kier molecular flexibility index (Phi) is 4.10. The molecule has 0 aliphatic rings. The maximum Gasteiger partial charge on any atom is 0.167 e. The summed E-state index contributed by atoms with van der Waals surface area (Å²) < 4.78 is 26.5. The molecule has 0 atom stereocenters. The average molecular weight is 325 g/mol. The van der Waals surface area contributed by atoms with Gasteiger partial charge >= 0.3 is 0 Å². The van der Waals surface area contributed by atoms with Crippen molar-refractivity contribution in [1.82, 2.24) is 0 Å². The van der Waals surface area contributed by atoms with Crippen LogP contribution in [0.2, 0.25) is 0 Å². The van der Waals surface area contributed by atoms with Crippen molar-refractivity contribution < 1.29 is 13.6 Å². The molecule has 2 aromatic rings. The van der Waals surface area contributed by atoms with E-state index in [0.717, 1.165) is 0 Å². The molecule has 0 bridgehead atoms. The first-order valence-corrected chi connectivity index (χ1v) is 6.50. The summed E-state index contributed by atoms with van der Waals surface area (Å²) in [5, 5.41) is 0. The van der Waals surface area contributed by atoms with Crippen LogP contribution in [0.1, 0.15) is 21.5 Å². The molecule has 0 aliphatic heterocycles. The van der Waals surface area contributed by atoms with E-state index in [-0.39, 0.29) is 23.8 Å². The lowest BCUT2D eigenvalue weighted by Gasteiger charge is -2.07. The highest BCUT2D eigenvalue weighted by Crippen LogP contribution is 2.21. The molecule has 2 aromatic carbocycles. The highest BCUT2D eigenvalue weighted by atomic mass is 79.9. The second-order valence-corrected chi connectivity index (χ2v) is 5.15. The second kappa shape index (κ2) is 5.61. The molecule has 0 amide bonds. The van der Waals surface area contributed by atoms with Gasteiger partial charge in [0.25, 0.3) is 0 Å². The van der Waals surface area contributed by atoms with Gasteiger partial charge in [-0.15, -0.1) is 0 Å². The molecule has 98 valence electrons. The van der Waals surface area contributed by atoms with Gasteiger partial charge in [0.2, 0.25) is 0 Å². The SMILES string of the molecule is Cc1cc(F)ccc1C(=O)Cc1ccc(F)cc1Br. The molecule has 19 heavy (non-hydrogen) atoms. The van der Waals surface area contributed by atoms with Crippen LogP contribution in [0, 0.1) is 18.6 Å². The predicted octanol–water partition coefficient (Wildman–Crippen LogP) is 4.46. The van der Waals surface area contributed by atoms with Crippen LogP contribution in [0.4, 0.5) is 8.78 Å². The van der Waals surface area contributed by atoms with Gasteiger partial charge in [-0.2, -0.15) is 0 Å². The number of carbonyl (C=O) groups excluding carboxylic acids is 1. The highest BCUT2D eigenvalue weighted by molar-refractivity contribution is 9.10. The van der Waals surface area contributed by atoms with Crippen molar-refractivity contribution in [2.45, 2.75) is 13.3 Å². The van der Waals surface area contributed by atoms with Gasteiger partial charge in [0.05, 0.1) is 0 Å². The number of aryl methyl sites for hydroxylation is 1. The lowest BCUT2D eigenvalue weighted by Crippen LogP contribution is -2.06. The topological polar surface area (TPSA) is 17.1 Å². The van der Waals surface area contributed by atoms with Crippen LogP contribution in [0.25, 0.3) is 0 Å². The smallest absolute Gasteiger partial charge is 0.167 e. The van der Waals surface area contributed by atoms with Crippen molar-refractivity contribution in [2.75, 3.05) is 0 Å². The minimum absolute atomic E-state index is 0.121. The van der Waals surface area contributed by atoms with Gasteiger partial charge in [0.15, 0.2) is 5.78 Å². The number of carbonyl (C=O) groups is 1. The van der Waals surface area contributed by atoms with E-state index in [0.29, 0.717) is 21.2 Å². The van der Waals surface area contributed by atoms with Crippen LogP contribution in [0.15, 0.2) is 40.9 Å². The monoisotopic (exact) mass is 324 g/mol. The summed E-state index contributed by atoms with van der Waals surface area (Å²) >= 11 is 3.23. The first-order valence-electron chi connectivity index (χ1n) is 5.70. The first kappa shape index (κ1) is 13.9. The van der Waals surface area contributed by atoms with Crippen LogP contribution in [0.3, 0.4) is 0 Å². The Morgan fingerprint density at radius 2 is 1.74 bits per heavy atom. The van der Waals surface area contributed by atoms with Gasteiger partial charge in [-0.1, -0.05) is 22.0 Å². The number of benzene rings is 2. The van der Waals surface area contributed by atoms with Crippen LogP contribution in [-0.2, 0) is 6.42 Å². The Morgan fingerprint density at radius 1 is 1.11 bits per heavy atom. The normalized spacial score (nSPS) is 10.5. The Morgan fingerprint density at radius 3 is 2.37 bits per heavy atom. The fourth-order valence-corrected chi connectivity index (χ4v) is 2.36. The molecule has 0 aliphatic carbocycles. The number of hydrogen-bond donors (Lipinski definition) is 0. The lowest BCUT2D eigenvalue weighted by atomic mass is 9.99. The van der Waals surface area contributed by atoms with Gasteiger partial charge in [-0.05, 0) is 48.4 Å². The third kappa shape index (κ3) is 3.26. The van der Waals surface area contributed by atoms with Gasteiger partial charge in [0, 0.05) is 16.5 Å². The maximum absolute atomic E-state index is 13.0. The number of hydrogen-bond acceptors (Lipinski definition) is 1. The van der Waals surface area contributed by atoms with Crippen LogP contribution in [-0.4, -0.2) is 5.78 Å². The van der Waals surface area contributed by atoms with Crippen LogP contribution in [0.5, 0.6) is 0 Å². The molecule has 0 heterocycles. The first-order chi connectivity index (χ1) is 8.97. The second-order valence-electron chi connectivity index (χ2n) is 4.29. The maximum atomic E-state index is 13.0. The highest BCUT2D eigenvalue weighted by Gasteiger charge is 2.12. The molecule has 0 radical (unpaired) electrons. The summed E-state index contributed by atoms with van der Waals surface area (Å²) in [6.45, 7) is 1.69. The molecule has 2 rings (SSSR count). The molecular formula is C15H11BrF2O. The van der Waals surface area contributed by atoms with Gasteiger partial charge in [0.1, 0.15) is 11.6 Å². The van der Waals surface area contributed by atoms with E-state index in [1.165, 1.54) is 30.3 Å². The zero-order valence-corrected chi connectivity index (χ0v) is 11.8. The minimum Gasteiger partial charge on any atom is -0.294 e. The van der Waals surface area contributed by atoms with Crippen molar-refractivity contribution in [3.8, 4) is 0 Å². The van der Waals surface area contributed by atoms with E-state index in [1.54, 1.807) is 13.0 Å². The molecular weight excluding hydrogens is 314 g/mol.